The van der Waals surface area contributed by atoms with E-state index in [1.807, 2.05) is 6.07 Å². The van der Waals surface area contributed by atoms with Crippen molar-refractivity contribution < 1.29 is 9.53 Å². The summed E-state index contributed by atoms with van der Waals surface area (Å²) in [4.78, 5) is 12.4. The van der Waals surface area contributed by atoms with Crippen molar-refractivity contribution in [2.45, 2.75) is 0 Å². The Morgan fingerprint density at radius 1 is 1.14 bits per heavy atom. The summed E-state index contributed by atoms with van der Waals surface area (Å²) >= 11 is 10.1. The first-order valence-electron chi connectivity index (χ1n) is 5.81. The fourth-order valence-electron chi connectivity index (χ4n) is 1.77. The van der Waals surface area contributed by atoms with E-state index in [0.29, 0.717) is 27.2 Å². The van der Waals surface area contributed by atoms with Crippen molar-refractivity contribution in [3.63, 3.8) is 0 Å². The Balaban J connectivity index is 2.36. The molecule has 0 radical (unpaired) electrons. The molecule has 0 aliphatic heterocycles. The molecule has 0 bridgehead atoms. The van der Waals surface area contributed by atoms with Gasteiger partial charge in [-0.15, -0.1) is 0 Å². The van der Waals surface area contributed by atoms with Crippen LogP contribution in [0.1, 0.15) is 10.4 Å². The molecular formula is C14H11Br3N2O2. The minimum atomic E-state index is -0.303. The molecule has 110 valence electrons. The predicted octanol–water partition coefficient (Wildman–Crippen LogP) is 4.82. The highest BCUT2D eigenvalue weighted by atomic mass is 79.9. The number of halogens is 3. The number of ether oxygens (including phenoxy) is 1. The third-order valence-corrected chi connectivity index (χ3v) is 4.26. The van der Waals surface area contributed by atoms with Crippen LogP contribution in [0.2, 0.25) is 0 Å². The van der Waals surface area contributed by atoms with Crippen molar-refractivity contribution >= 4 is 65.1 Å². The van der Waals surface area contributed by atoms with Gasteiger partial charge in [-0.05, 0) is 46.3 Å². The molecule has 0 saturated heterocycles. The summed E-state index contributed by atoms with van der Waals surface area (Å²) in [6.45, 7) is 0. The van der Waals surface area contributed by atoms with Gasteiger partial charge in [0.25, 0.3) is 5.91 Å². The smallest absolute Gasteiger partial charge is 0.259 e. The number of nitrogen functional groups attached to an aromatic ring is 1. The quantitative estimate of drug-likeness (QED) is 0.622. The van der Waals surface area contributed by atoms with Crippen LogP contribution in [0.5, 0.6) is 5.75 Å². The molecule has 4 nitrogen and oxygen atoms in total. The zero-order valence-electron chi connectivity index (χ0n) is 10.9. The van der Waals surface area contributed by atoms with Crippen LogP contribution in [0.3, 0.4) is 0 Å². The second-order valence-electron chi connectivity index (χ2n) is 4.15. The Morgan fingerprint density at radius 3 is 2.48 bits per heavy atom. The lowest BCUT2D eigenvalue weighted by atomic mass is 10.1. The van der Waals surface area contributed by atoms with Gasteiger partial charge >= 0.3 is 0 Å². The average molecular weight is 479 g/mol. The van der Waals surface area contributed by atoms with Gasteiger partial charge < -0.3 is 15.8 Å². The fourth-order valence-corrected chi connectivity index (χ4v) is 3.54. The number of benzene rings is 2. The maximum absolute atomic E-state index is 12.4. The third kappa shape index (κ3) is 3.78. The Bertz CT molecular complexity index is 705. The molecule has 7 heteroatoms. The molecule has 0 aliphatic rings. The number of nitrogens with one attached hydrogen (secondary N) is 1. The van der Waals surface area contributed by atoms with Crippen LogP contribution in [-0.2, 0) is 0 Å². The summed E-state index contributed by atoms with van der Waals surface area (Å²) < 4.78 is 7.58. The summed E-state index contributed by atoms with van der Waals surface area (Å²) in [6.07, 6.45) is 0. The third-order valence-electron chi connectivity index (χ3n) is 2.72. The number of nitrogens with two attached hydrogens (primary N) is 1. The highest BCUT2D eigenvalue weighted by Gasteiger charge is 2.17. The molecule has 0 unspecified atom stereocenters. The van der Waals surface area contributed by atoms with E-state index in [0.717, 1.165) is 8.95 Å². The molecule has 1 amide bonds. The highest BCUT2D eigenvalue weighted by molar-refractivity contribution is 9.11. The summed E-state index contributed by atoms with van der Waals surface area (Å²) in [5.74, 6) is 0.161. The van der Waals surface area contributed by atoms with Crippen LogP contribution in [-0.4, -0.2) is 13.0 Å². The van der Waals surface area contributed by atoms with E-state index in [1.165, 1.54) is 7.11 Å². The van der Waals surface area contributed by atoms with Gasteiger partial charge in [0.15, 0.2) is 0 Å². The number of methoxy groups -OCH3 is 1. The molecule has 2 aromatic rings. The van der Waals surface area contributed by atoms with Gasteiger partial charge in [-0.2, -0.15) is 0 Å². The van der Waals surface area contributed by atoms with E-state index in [4.69, 9.17) is 10.5 Å². The highest BCUT2D eigenvalue weighted by Crippen LogP contribution is 2.33. The maximum Gasteiger partial charge on any atom is 0.259 e. The van der Waals surface area contributed by atoms with E-state index in [1.54, 1.807) is 24.3 Å². The largest absolute Gasteiger partial charge is 0.495 e. The topological polar surface area (TPSA) is 64.3 Å². The first-order chi connectivity index (χ1) is 9.92. The Hall–Kier alpha value is -1.05. The van der Waals surface area contributed by atoms with Crippen molar-refractivity contribution in [1.82, 2.24) is 0 Å². The fraction of sp³-hybridized carbons (Fsp3) is 0.0714. The molecule has 0 spiro atoms. The molecule has 0 atom stereocenters. The molecule has 0 fully saturated rings. The second kappa shape index (κ2) is 6.81. The number of carbonyl (C=O) groups excluding carboxylic acids is 1. The van der Waals surface area contributed by atoms with E-state index < -0.39 is 0 Å². The number of carbonyl (C=O) groups is 1. The van der Waals surface area contributed by atoms with Gasteiger partial charge in [-0.3, -0.25) is 4.79 Å². The van der Waals surface area contributed by atoms with E-state index >= 15 is 0 Å². The molecule has 0 saturated carbocycles. The first-order valence-corrected chi connectivity index (χ1v) is 8.19. The summed E-state index contributed by atoms with van der Waals surface area (Å²) in [7, 11) is 1.51. The van der Waals surface area contributed by atoms with Gasteiger partial charge in [-0.25, -0.2) is 0 Å². The number of hydrogen-bond acceptors (Lipinski definition) is 3. The molecule has 0 aromatic heterocycles. The van der Waals surface area contributed by atoms with Crippen molar-refractivity contribution in [3.05, 3.63) is 49.3 Å². The second-order valence-corrected chi connectivity index (χ2v) is 6.84. The van der Waals surface area contributed by atoms with E-state index in [9.17, 15) is 4.79 Å². The maximum atomic E-state index is 12.4. The van der Waals surface area contributed by atoms with Gasteiger partial charge in [0.2, 0.25) is 0 Å². The Labute approximate surface area is 147 Å². The summed E-state index contributed by atoms with van der Waals surface area (Å²) in [5, 5.41) is 2.78. The van der Waals surface area contributed by atoms with Crippen molar-refractivity contribution in [3.8, 4) is 5.75 Å². The summed E-state index contributed by atoms with van der Waals surface area (Å²) in [5.41, 5.74) is 7.31. The van der Waals surface area contributed by atoms with Crippen molar-refractivity contribution in [2.75, 3.05) is 18.2 Å². The minimum Gasteiger partial charge on any atom is -0.495 e. The number of hydrogen-bond donors (Lipinski definition) is 2. The van der Waals surface area contributed by atoms with Crippen LogP contribution in [0, 0.1) is 0 Å². The number of anilines is 2. The number of amides is 1. The van der Waals surface area contributed by atoms with E-state index in [-0.39, 0.29) is 5.91 Å². The molecule has 0 aliphatic carbocycles. The minimum absolute atomic E-state index is 0.303. The molecule has 21 heavy (non-hydrogen) atoms. The predicted molar refractivity (Wildman–Crippen MR) is 94.9 cm³/mol. The lowest BCUT2D eigenvalue weighted by molar-refractivity contribution is 0.102. The lowest BCUT2D eigenvalue weighted by Gasteiger charge is -2.13. The van der Waals surface area contributed by atoms with Crippen LogP contribution >= 0.6 is 47.8 Å². The molecule has 2 rings (SSSR count). The van der Waals surface area contributed by atoms with Crippen LogP contribution in [0.15, 0.2) is 43.7 Å². The van der Waals surface area contributed by atoms with E-state index in [2.05, 4.69) is 53.1 Å². The first kappa shape index (κ1) is 16.3. The van der Waals surface area contributed by atoms with Crippen LogP contribution in [0.4, 0.5) is 11.4 Å². The van der Waals surface area contributed by atoms with Gasteiger partial charge in [0.05, 0.1) is 28.5 Å². The van der Waals surface area contributed by atoms with Crippen molar-refractivity contribution in [2.24, 2.45) is 0 Å². The molecule has 3 N–H and O–H groups in total. The summed E-state index contributed by atoms with van der Waals surface area (Å²) in [6, 6.07) is 8.76. The van der Waals surface area contributed by atoms with Gasteiger partial charge in [0.1, 0.15) is 5.75 Å². The van der Waals surface area contributed by atoms with Gasteiger partial charge in [0, 0.05) is 8.95 Å². The zero-order valence-corrected chi connectivity index (χ0v) is 15.7. The van der Waals surface area contributed by atoms with Gasteiger partial charge in [-0.1, -0.05) is 31.9 Å². The van der Waals surface area contributed by atoms with Crippen LogP contribution < -0.4 is 15.8 Å². The molecule has 0 heterocycles. The van der Waals surface area contributed by atoms with Crippen molar-refractivity contribution in [1.29, 1.82) is 0 Å². The normalized spacial score (nSPS) is 10.3. The zero-order chi connectivity index (χ0) is 15.6. The molecular weight excluding hydrogens is 468 g/mol. The average Bonchev–Trinajstić information content (AvgIpc) is 2.41. The standard InChI is InChI=1S/C14H11Br3N2O2/c1-21-13-9(4-8(16)5-10(13)17)14(20)19-12-3-2-7(15)6-11(12)18/h2-6H,18H2,1H3,(H,19,20). The molecule has 2 aromatic carbocycles. The SMILES string of the molecule is COc1c(Br)cc(Br)cc1C(=O)Nc1ccc(Br)cc1N. The number of rotatable bonds is 3. The monoisotopic (exact) mass is 476 g/mol. The van der Waals surface area contributed by atoms with Crippen LogP contribution in [0.25, 0.3) is 0 Å². The lowest BCUT2D eigenvalue weighted by Crippen LogP contribution is -2.14. The Kier molecular flexibility index (Phi) is 5.29. The Morgan fingerprint density at radius 2 is 1.86 bits per heavy atom.